The first kappa shape index (κ1) is 47.4. The van der Waals surface area contributed by atoms with Gasteiger partial charge in [0.15, 0.2) is 5.82 Å². The van der Waals surface area contributed by atoms with Crippen LogP contribution >= 0.6 is 11.3 Å². The van der Waals surface area contributed by atoms with Gasteiger partial charge >= 0.3 is 0 Å². The van der Waals surface area contributed by atoms with Crippen LogP contribution in [-0.2, 0) is 27.5 Å². The van der Waals surface area contributed by atoms with Crippen molar-refractivity contribution in [1.29, 1.82) is 0 Å². The molecule has 1 spiro atoms. The first-order chi connectivity index (χ1) is 33.5. The summed E-state index contributed by atoms with van der Waals surface area (Å²) in [5, 5.41) is 35.7. The Hall–Kier alpha value is -6.24. The lowest BCUT2D eigenvalue weighted by atomic mass is 9.49. The number of hydrogen-bond donors (Lipinski definition) is 5. The summed E-state index contributed by atoms with van der Waals surface area (Å²) in [6, 6.07) is 16.1. The number of nitrogens with one attached hydrogen (secondary N) is 2. The van der Waals surface area contributed by atoms with Crippen molar-refractivity contribution in [3.63, 3.8) is 0 Å². The number of thiazole rings is 1. The first-order valence-corrected chi connectivity index (χ1v) is 25.4. The van der Waals surface area contributed by atoms with Crippen LogP contribution in [0.15, 0.2) is 72.5 Å². The van der Waals surface area contributed by atoms with E-state index < -0.39 is 23.6 Å². The molecule has 3 amide bonds. The van der Waals surface area contributed by atoms with E-state index in [4.69, 9.17) is 15.7 Å². The number of aromatic hydroxyl groups is 1. The molecule has 5 aromatic rings. The van der Waals surface area contributed by atoms with Gasteiger partial charge in [-0.1, -0.05) is 57.2 Å². The van der Waals surface area contributed by atoms with Crippen molar-refractivity contribution in [2.75, 3.05) is 42.2 Å². The Morgan fingerprint density at radius 2 is 1.63 bits per heavy atom. The number of piperazine rings is 1. The predicted molar refractivity (Wildman–Crippen MR) is 268 cm³/mol. The summed E-state index contributed by atoms with van der Waals surface area (Å²) in [6.45, 7) is 10.3. The standard InChI is InChI=1S/C52H64N12O5S/c1-30-44(70-29-57-30)33-12-10-31(11-13-33)22-54-48(68)42-16-38(65)28-63(42)49(69)45(51(2,3)4)58-47(67)34-18-52(19-34)20-37(21-52)61(5)25-32-23-55-50(56-24-32)64-35-14-15-36(64)27-62(26-35)41-17-40(59-60-46(41)53)39-8-6-7-9-43(39)66/h6-13,17,23-24,29,34-38,42,45,65-66H,14-16,18-22,25-28H2,1-5H3,(H2,53,60)(H,54,68)(H,58,67)/t34?,35?,36?,37?,38-,42+,45-,52?/m1/s1. The van der Waals surface area contributed by atoms with Gasteiger partial charge in [-0.15, -0.1) is 21.5 Å². The number of benzene rings is 2. The van der Waals surface area contributed by atoms with Gasteiger partial charge in [-0.3, -0.25) is 19.3 Å². The molecular weight excluding hydrogens is 905 g/mol. The predicted octanol–water partition coefficient (Wildman–Crippen LogP) is 5.31. The number of aliphatic hydroxyl groups is 1. The Morgan fingerprint density at radius 1 is 0.929 bits per heavy atom. The van der Waals surface area contributed by atoms with Gasteiger partial charge in [0.1, 0.15) is 17.8 Å². The molecule has 6 N–H and O–H groups in total. The van der Waals surface area contributed by atoms with E-state index in [2.05, 4.69) is 47.6 Å². The van der Waals surface area contributed by atoms with Crippen molar-refractivity contribution >= 4 is 46.5 Å². The van der Waals surface area contributed by atoms with Crippen LogP contribution in [0.4, 0.5) is 17.5 Å². The van der Waals surface area contributed by atoms with Crippen molar-refractivity contribution in [3.05, 3.63) is 89.3 Å². The minimum Gasteiger partial charge on any atom is -0.507 e. The second-order valence-electron chi connectivity index (χ2n) is 21.6. The van der Waals surface area contributed by atoms with Crippen LogP contribution in [0.3, 0.4) is 0 Å². The highest BCUT2D eigenvalue weighted by Gasteiger charge is 2.56. The molecule has 5 fully saturated rings. The third-order valence-electron chi connectivity index (χ3n) is 15.5. The maximum Gasteiger partial charge on any atom is 0.246 e. The second kappa shape index (κ2) is 18.8. The Balaban J connectivity index is 0.689. The van der Waals surface area contributed by atoms with Crippen molar-refractivity contribution < 1.29 is 24.6 Å². The van der Waals surface area contributed by atoms with Gasteiger partial charge in [0.05, 0.1) is 33.6 Å². The highest BCUT2D eigenvalue weighted by molar-refractivity contribution is 7.13. The van der Waals surface area contributed by atoms with E-state index in [1.54, 1.807) is 23.5 Å². The summed E-state index contributed by atoms with van der Waals surface area (Å²) in [6.07, 6.45) is 8.81. The van der Waals surface area contributed by atoms with Gasteiger partial charge in [0.25, 0.3) is 0 Å². The fourth-order valence-electron chi connectivity index (χ4n) is 11.7. The number of para-hydroxylation sites is 1. The van der Waals surface area contributed by atoms with E-state index in [1.165, 1.54) is 4.90 Å². The maximum atomic E-state index is 14.3. The summed E-state index contributed by atoms with van der Waals surface area (Å²) in [5.74, 6) is 0.270. The Kier molecular flexibility index (Phi) is 12.8. The molecule has 2 aliphatic carbocycles. The number of hydrogen-bond acceptors (Lipinski definition) is 15. The number of rotatable bonds is 13. The van der Waals surface area contributed by atoms with E-state index in [9.17, 15) is 24.6 Å². The maximum absolute atomic E-state index is 14.3. The molecule has 6 heterocycles. The largest absolute Gasteiger partial charge is 0.507 e. The molecule has 3 aromatic heterocycles. The van der Waals surface area contributed by atoms with Crippen LogP contribution < -0.4 is 26.2 Å². The van der Waals surface area contributed by atoms with Gasteiger partial charge in [-0.05, 0) is 92.7 Å². The fourth-order valence-corrected chi connectivity index (χ4v) is 12.5. The SMILES string of the molecule is Cc1ncsc1-c1ccc(CNC(=O)[C@@H]2C[C@@H](O)CN2C(=O)[C@@H](NC(=O)C2CC3(C2)CC(N(C)Cc2cnc(N4C5CCC4CN(c4cc(-c6ccccc6O)nnc4N)C5)nc2)C3)C(C)(C)C)cc1. The van der Waals surface area contributed by atoms with Gasteiger partial charge in [0.2, 0.25) is 23.7 Å². The second-order valence-corrected chi connectivity index (χ2v) is 22.4. The van der Waals surface area contributed by atoms with Crippen LogP contribution in [0, 0.1) is 23.7 Å². The molecule has 17 nitrogen and oxygen atoms in total. The number of phenols is 1. The molecule has 368 valence electrons. The average molecular weight is 969 g/mol. The number of anilines is 3. The number of nitrogen functional groups attached to an aromatic ring is 1. The molecule has 3 saturated heterocycles. The third-order valence-corrected chi connectivity index (χ3v) is 16.5. The topological polar surface area (TPSA) is 219 Å². The quantitative estimate of drug-likeness (QED) is 0.101. The van der Waals surface area contributed by atoms with Gasteiger partial charge in [-0.25, -0.2) is 15.0 Å². The smallest absolute Gasteiger partial charge is 0.246 e. The molecule has 70 heavy (non-hydrogen) atoms. The van der Waals surface area contributed by atoms with E-state index in [0.717, 1.165) is 97.1 Å². The molecule has 2 bridgehead atoms. The summed E-state index contributed by atoms with van der Waals surface area (Å²) in [5.41, 5.74) is 13.7. The zero-order valence-electron chi connectivity index (χ0n) is 40.6. The number of likely N-dealkylation sites (tertiary alicyclic amines) is 1. The minimum absolute atomic E-state index is 0.0331. The van der Waals surface area contributed by atoms with E-state index in [0.29, 0.717) is 23.1 Å². The van der Waals surface area contributed by atoms with Crippen molar-refractivity contribution in [2.24, 2.45) is 16.7 Å². The molecule has 0 radical (unpaired) electrons. The molecule has 2 saturated carbocycles. The average Bonchev–Trinajstić information content (AvgIpc) is 4.00. The normalized spacial score (nSPS) is 25.4. The zero-order chi connectivity index (χ0) is 49.1. The van der Waals surface area contributed by atoms with E-state index >= 15 is 0 Å². The van der Waals surface area contributed by atoms with Gasteiger partial charge in [-0.2, -0.15) is 0 Å². The number of carbonyl (C=O) groups is 3. The van der Waals surface area contributed by atoms with E-state index in [-0.39, 0.29) is 66.4 Å². The number of phenolic OH excluding ortho intramolecular Hbond substituents is 1. The Morgan fingerprint density at radius 3 is 2.29 bits per heavy atom. The Labute approximate surface area is 412 Å². The number of β-amino-alcohol motifs (C(OH)–C–C–N with tert-alkyl or cyclic N) is 1. The van der Waals surface area contributed by atoms with Gasteiger partial charge < -0.3 is 41.3 Å². The van der Waals surface area contributed by atoms with Crippen molar-refractivity contribution in [2.45, 2.75) is 122 Å². The zero-order valence-corrected chi connectivity index (χ0v) is 41.4. The molecule has 3 aliphatic heterocycles. The lowest BCUT2D eigenvalue weighted by Gasteiger charge is -2.59. The lowest BCUT2D eigenvalue weighted by molar-refractivity contribution is -0.150. The number of nitrogens with zero attached hydrogens (tertiary/aromatic N) is 9. The van der Waals surface area contributed by atoms with Crippen LogP contribution in [-0.4, -0.2) is 126 Å². The molecule has 2 unspecified atom stereocenters. The number of aliphatic hydroxyl groups excluding tert-OH is 1. The fraction of sp³-hybridized carbons (Fsp3) is 0.500. The number of aromatic nitrogens is 5. The van der Waals surface area contributed by atoms with Crippen LogP contribution in [0.5, 0.6) is 5.75 Å². The minimum atomic E-state index is -0.858. The molecule has 18 heteroatoms. The number of amides is 3. The van der Waals surface area contributed by atoms with Crippen LogP contribution in [0.1, 0.15) is 82.5 Å². The summed E-state index contributed by atoms with van der Waals surface area (Å²) in [7, 11) is 2.14. The lowest BCUT2D eigenvalue weighted by Crippen LogP contribution is -2.61. The Bertz CT molecular complexity index is 2720. The van der Waals surface area contributed by atoms with Crippen LogP contribution in [0.2, 0.25) is 0 Å². The first-order valence-electron chi connectivity index (χ1n) is 24.5. The molecular formula is C52H64N12O5S. The number of aryl methyl sites for hydroxylation is 1. The molecule has 5 atom stereocenters. The third kappa shape index (κ3) is 9.40. The number of fused-ring (bicyclic) bond motifs is 2. The molecule has 5 aliphatic rings. The van der Waals surface area contributed by atoms with Gasteiger partial charge in [0, 0.05) is 86.7 Å². The number of nitrogens with two attached hydrogens (primary N) is 1. The molecule has 10 rings (SSSR count). The highest BCUT2D eigenvalue weighted by atomic mass is 32.1. The van der Waals surface area contributed by atoms with Crippen molar-refractivity contribution in [1.82, 2.24) is 45.6 Å². The summed E-state index contributed by atoms with van der Waals surface area (Å²) < 4.78 is 0. The summed E-state index contributed by atoms with van der Waals surface area (Å²) >= 11 is 1.59. The summed E-state index contributed by atoms with van der Waals surface area (Å²) in [4.78, 5) is 65.4. The van der Waals surface area contributed by atoms with Crippen molar-refractivity contribution in [3.8, 4) is 27.4 Å². The monoisotopic (exact) mass is 968 g/mol. The highest BCUT2D eigenvalue weighted by Crippen LogP contribution is 2.60. The van der Waals surface area contributed by atoms with Crippen LogP contribution in [0.25, 0.3) is 21.7 Å². The van der Waals surface area contributed by atoms with E-state index in [1.807, 2.05) is 88.1 Å². The molecule has 2 aromatic carbocycles. The number of carbonyl (C=O) groups excluding carboxylic acids is 3.